The molecule has 2 aliphatic heterocycles. The number of hydrogen-bond acceptors (Lipinski definition) is 5. The van der Waals surface area contributed by atoms with Gasteiger partial charge in [0.1, 0.15) is 6.10 Å². The molecule has 3 atom stereocenters. The minimum absolute atomic E-state index is 0.123. The van der Waals surface area contributed by atoms with Crippen molar-refractivity contribution < 1.29 is 9.94 Å². The molecule has 0 aliphatic carbocycles. The van der Waals surface area contributed by atoms with Crippen molar-refractivity contribution in [2.75, 3.05) is 26.2 Å². The number of ether oxygens (including phenoxy) is 1. The summed E-state index contributed by atoms with van der Waals surface area (Å²) in [4.78, 5) is 2.58. The third-order valence-electron chi connectivity index (χ3n) is 4.01. The van der Waals surface area contributed by atoms with E-state index in [1.54, 1.807) is 6.92 Å². The van der Waals surface area contributed by atoms with Crippen LogP contribution >= 0.6 is 0 Å². The van der Waals surface area contributed by atoms with Gasteiger partial charge in [0.2, 0.25) is 0 Å². The number of fused-ring (bicyclic) bond motifs is 1. The van der Waals surface area contributed by atoms with Crippen LogP contribution in [0.15, 0.2) is 5.16 Å². The fraction of sp³-hybridized carbons (Fsp3) is 0.917. The van der Waals surface area contributed by atoms with Gasteiger partial charge < -0.3 is 21.0 Å². The second kappa shape index (κ2) is 6.36. The SMILES string of the molecule is CC(OCCNC1CCN2CCCC12)C(N)=NO. The zero-order chi connectivity index (χ0) is 13.0. The Kier molecular flexibility index (Phi) is 4.79. The molecule has 2 fully saturated rings. The molecule has 0 aromatic carbocycles. The van der Waals surface area contributed by atoms with Gasteiger partial charge >= 0.3 is 0 Å². The van der Waals surface area contributed by atoms with Gasteiger partial charge in [-0.2, -0.15) is 0 Å². The van der Waals surface area contributed by atoms with E-state index < -0.39 is 0 Å². The molecule has 6 heteroatoms. The van der Waals surface area contributed by atoms with Gasteiger partial charge in [-0.05, 0) is 32.7 Å². The lowest BCUT2D eigenvalue weighted by Gasteiger charge is -2.21. The molecule has 0 spiro atoms. The first-order chi connectivity index (χ1) is 8.72. The molecule has 0 aromatic heterocycles. The molecule has 18 heavy (non-hydrogen) atoms. The van der Waals surface area contributed by atoms with Crippen molar-refractivity contribution in [3.8, 4) is 0 Å². The van der Waals surface area contributed by atoms with Crippen molar-refractivity contribution in [1.29, 1.82) is 0 Å². The fourth-order valence-corrected chi connectivity index (χ4v) is 2.97. The fourth-order valence-electron chi connectivity index (χ4n) is 2.97. The number of nitrogens with zero attached hydrogens (tertiary/aromatic N) is 2. The summed E-state index contributed by atoms with van der Waals surface area (Å²) in [5.41, 5.74) is 5.44. The Hall–Kier alpha value is -0.850. The largest absolute Gasteiger partial charge is 0.409 e. The predicted molar refractivity (Wildman–Crippen MR) is 69.8 cm³/mol. The third kappa shape index (κ3) is 3.13. The van der Waals surface area contributed by atoms with Crippen LogP contribution in [0.3, 0.4) is 0 Å². The number of oxime groups is 1. The second-order valence-electron chi connectivity index (χ2n) is 5.13. The summed E-state index contributed by atoms with van der Waals surface area (Å²) >= 11 is 0. The highest BCUT2D eigenvalue weighted by Gasteiger charge is 2.36. The quantitative estimate of drug-likeness (QED) is 0.204. The van der Waals surface area contributed by atoms with E-state index in [1.807, 2.05) is 0 Å². The Labute approximate surface area is 108 Å². The Morgan fingerprint density at radius 1 is 1.56 bits per heavy atom. The minimum Gasteiger partial charge on any atom is -0.409 e. The lowest BCUT2D eigenvalue weighted by atomic mass is 10.1. The van der Waals surface area contributed by atoms with Crippen LogP contribution in [0.5, 0.6) is 0 Å². The normalized spacial score (nSPS) is 30.6. The van der Waals surface area contributed by atoms with Crippen molar-refractivity contribution in [1.82, 2.24) is 10.2 Å². The number of hydrogen-bond donors (Lipinski definition) is 3. The maximum atomic E-state index is 8.50. The molecule has 0 aromatic rings. The lowest BCUT2D eigenvalue weighted by Crippen LogP contribution is -2.41. The molecule has 2 aliphatic rings. The van der Waals surface area contributed by atoms with Crippen LogP contribution < -0.4 is 11.1 Å². The summed E-state index contributed by atoms with van der Waals surface area (Å²) in [5.74, 6) is 0.123. The van der Waals surface area contributed by atoms with Gasteiger partial charge in [-0.25, -0.2) is 0 Å². The summed E-state index contributed by atoms with van der Waals surface area (Å²) in [6.45, 7) is 5.67. The van der Waals surface area contributed by atoms with Gasteiger partial charge in [0.05, 0.1) is 6.61 Å². The molecule has 0 saturated carbocycles. The minimum atomic E-state index is -0.330. The van der Waals surface area contributed by atoms with Gasteiger partial charge in [0, 0.05) is 25.2 Å². The van der Waals surface area contributed by atoms with E-state index in [4.69, 9.17) is 15.7 Å². The summed E-state index contributed by atoms with van der Waals surface area (Å²) in [7, 11) is 0. The van der Waals surface area contributed by atoms with Crippen molar-refractivity contribution in [2.24, 2.45) is 10.9 Å². The van der Waals surface area contributed by atoms with Crippen LogP contribution in [0, 0.1) is 0 Å². The van der Waals surface area contributed by atoms with Gasteiger partial charge in [-0.15, -0.1) is 0 Å². The molecule has 2 heterocycles. The van der Waals surface area contributed by atoms with E-state index >= 15 is 0 Å². The molecule has 0 radical (unpaired) electrons. The van der Waals surface area contributed by atoms with Crippen LogP contribution in [-0.2, 0) is 4.74 Å². The molecule has 4 N–H and O–H groups in total. The van der Waals surface area contributed by atoms with E-state index in [0.717, 1.165) is 12.6 Å². The molecule has 2 rings (SSSR count). The summed E-state index contributed by atoms with van der Waals surface area (Å²) in [6.07, 6.45) is 3.56. The standard InChI is InChI=1S/C12H24N4O2/c1-9(12(13)15-17)18-8-5-14-10-4-7-16-6-2-3-11(10)16/h9-11,14,17H,2-8H2,1H3,(H2,13,15). The van der Waals surface area contributed by atoms with Gasteiger partial charge in [-0.1, -0.05) is 5.16 Å². The molecule has 6 nitrogen and oxygen atoms in total. The van der Waals surface area contributed by atoms with Crippen LogP contribution in [0.25, 0.3) is 0 Å². The van der Waals surface area contributed by atoms with Crippen molar-refractivity contribution in [2.45, 2.75) is 44.4 Å². The van der Waals surface area contributed by atoms with Crippen molar-refractivity contribution >= 4 is 5.84 Å². The maximum Gasteiger partial charge on any atom is 0.168 e. The molecule has 0 bridgehead atoms. The monoisotopic (exact) mass is 256 g/mol. The van der Waals surface area contributed by atoms with E-state index in [1.165, 1.54) is 32.4 Å². The Morgan fingerprint density at radius 2 is 2.39 bits per heavy atom. The molecular weight excluding hydrogens is 232 g/mol. The number of nitrogens with two attached hydrogens (primary N) is 1. The zero-order valence-corrected chi connectivity index (χ0v) is 11.0. The predicted octanol–water partition coefficient (Wildman–Crippen LogP) is -0.0358. The number of amidine groups is 1. The summed E-state index contributed by atoms with van der Waals surface area (Å²) in [5, 5.41) is 15.0. The molecule has 3 unspecified atom stereocenters. The van der Waals surface area contributed by atoms with E-state index in [2.05, 4.69) is 15.4 Å². The second-order valence-corrected chi connectivity index (χ2v) is 5.13. The zero-order valence-electron chi connectivity index (χ0n) is 11.0. The molecule has 104 valence electrons. The molecule has 2 saturated heterocycles. The first kappa shape index (κ1) is 13.6. The van der Waals surface area contributed by atoms with E-state index in [0.29, 0.717) is 12.6 Å². The molecule has 0 amide bonds. The number of rotatable bonds is 6. The highest BCUT2D eigenvalue weighted by atomic mass is 16.5. The van der Waals surface area contributed by atoms with Crippen molar-refractivity contribution in [3.05, 3.63) is 0 Å². The first-order valence-corrected chi connectivity index (χ1v) is 6.79. The van der Waals surface area contributed by atoms with Gasteiger partial charge in [-0.3, -0.25) is 4.90 Å². The Balaban J connectivity index is 1.61. The number of nitrogens with one attached hydrogen (secondary N) is 1. The van der Waals surface area contributed by atoms with E-state index in [-0.39, 0.29) is 11.9 Å². The molecular formula is C12H24N4O2. The maximum absolute atomic E-state index is 8.50. The Morgan fingerprint density at radius 3 is 3.17 bits per heavy atom. The first-order valence-electron chi connectivity index (χ1n) is 6.79. The van der Waals surface area contributed by atoms with E-state index in [9.17, 15) is 0 Å². The van der Waals surface area contributed by atoms with Gasteiger partial charge in [0.25, 0.3) is 0 Å². The van der Waals surface area contributed by atoms with Crippen LogP contribution in [0.2, 0.25) is 0 Å². The summed E-state index contributed by atoms with van der Waals surface area (Å²) in [6, 6.07) is 1.33. The van der Waals surface area contributed by atoms with Crippen LogP contribution in [0.1, 0.15) is 26.2 Å². The highest BCUT2D eigenvalue weighted by Crippen LogP contribution is 2.27. The summed E-state index contributed by atoms with van der Waals surface area (Å²) < 4.78 is 5.47. The topological polar surface area (TPSA) is 83.1 Å². The van der Waals surface area contributed by atoms with Crippen LogP contribution in [0.4, 0.5) is 0 Å². The van der Waals surface area contributed by atoms with Gasteiger partial charge in [0.15, 0.2) is 5.84 Å². The third-order valence-corrected chi connectivity index (χ3v) is 4.01. The van der Waals surface area contributed by atoms with Crippen molar-refractivity contribution in [3.63, 3.8) is 0 Å². The van der Waals surface area contributed by atoms with Crippen LogP contribution in [-0.4, -0.2) is 60.4 Å². The Bertz CT molecular complexity index is 298. The average Bonchev–Trinajstić information content (AvgIpc) is 2.97. The smallest absolute Gasteiger partial charge is 0.168 e. The lowest BCUT2D eigenvalue weighted by molar-refractivity contribution is 0.105. The average molecular weight is 256 g/mol. The highest BCUT2D eigenvalue weighted by molar-refractivity contribution is 5.83.